The van der Waals surface area contributed by atoms with Crippen LogP contribution in [0.15, 0.2) is 30.3 Å². The molecule has 0 aliphatic carbocycles. The van der Waals surface area contributed by atoms with Gasteiger partial charge in [0, 0.05) is 12.1 Å². The van der Waals surface area contributed by atoms with Crippen molar-refractivity contribution >= 4 is 0 Å². The van der Waals surface area contributed by atoms with Gasteiger partial charge in [0.15, 0.2) is 0 Å². The SMILES string of the molecule is CC(C)NC(C)C.Cc1ccccc1.[H-].[Li+]. The second-order valence-electron chi connectivity index (χ2n) is 4.13. The van der Waals surface area contributed by atoms with Crippen LogP contribution in [-0.2, 0) is 0 Å². The van der Waals surface area contributed by atoms with Gasteiger partial charge in [0.25, 0.3) is 0 Å². The van der Waals surface area contributed by atoms with Crippen molar-refractivity contribution in [2.45, 2.75) is 46.7 Å². The fraction of sp³-hybridized carbons (Fsp3) is 0.538. The summed E-state index contributed by atoms with van der Waals surface area (Å²) < 4.78 is 0. The Morgan fingerprint density at radius 3 is 1.47 bits per heavy atom. The van der Waals surface area contributed by atoms with Crippen molar-refractivity contribution in [3.05, 3.63) is 35.9 Å². The Labute approximate surface area is 108 Å². The van der Waals surface area contributed by atoms with E-state index in [1.165, 1.54) is 5.56 Å². The molecule has 1 aromatic rings. The van der Waals surface area contributed by atoms with Crippen molar-refractivity contribution in [3.63, 3.8) is 0 Å². The molecule has 82 valence electrons. The first kappa shape index (κ1) is 17.2. The van der Waals surface area contributed by atoms with Crippen molar-refractivity contribution in [2.24, 2.45) is 0 Å². The van der Waals surface area contributed by atoms with E-state index < -0.39 is 0 Å². The first-order valence-electron chi connectivity index (χ1n) is 5.30. The average Bonchev–Trinajstić information content (AvgIpc) is 2.03. The van der Waals surface area contributed by atoms with E-state index in [0.717, 1.165) is 0 Å². The Morgan fingerprint density at radius 1 is 0.933 bits per heavy atom. The summed E-state index contributed by atoms with van der Waals surface area (Å²) in [6.07, 6.45) is 0. The monoisotopic (exact) mass is 201 g/mol. The molecule has 1 nitrogen and oxygen atoms in total. The molecule has 0 spiro atoms. The Balaban J connectivity index is -0.000000188. The number of aryl methyl sites for hydroxylation is 1. The molecular weight excluding hydrogens is 177 g/mol. The zero-order valence-corrected chi connectivity index (χ0v) is 11.0. The molecule has 1 rings (SSSR count). The smallest absolute Gasteiger partial charge is 1.00 e. The van der Waals surface area contributed by atoms with Crippen LogP contribution in [0, 0.1) is 6.92 Å². The van der Waals surface area contributed by atoms with E-state index in [1.807, 2.05) is 18.2 Å². The molecule has 0 aromatic heterocycles. The first-order chi connectivity index (χ1) is 6.52. The van der Waals surface area contributed by atoms with Crippen molar-refractivity contribution in [3.8, 4) is 0 Å². The van der Waals surface area contributed by atoms with Crippen LogP contribution in [0.3, 0.4) is 0 Å². The van der Waals surface area contributed by atoms with Crippen LogP contribution in [0.25, 0.3) is 0 Å². The molecule has 0 heterocycles. The molecule has 0 amide bonds. The van der Waals surface area contributed by atoms with Gasteiger partial charge >= 0.3 is 18.9 Å². The van der Waals surface area contributed by atoms with E-state index in [9.17, 15) is 0 Å². The molecule has 1 aromatic carbocycles. The molecule has 2 heteroatoms. The first-order valence-corrected chi connectivity index (χ1v) is 5.30. The number of rotatable bonds is 2. The summed E-state index contributed by atoms with van der Waals surface area (Å²) in [6.45, 7) is 10.7. The van der Waals surface area contributed by atoms with Gasteiger partial charge in [-0.25, -0.2) is 0 Å². The van der Waals surface area contributed by atoms with E-state index in [2.05, 4.69) is 52.1 Å². The molecular formula is C13H24LiN. The van der Waals surface area contributed by atoms with Gasteiger partial charge in [-0.2, -0.15) is 0 Å². The molecule has 0 saturated carbocycles. The standard InChI is InChI=1S/C7H8.C6H15N.Li.H/c1-7-5-3-2-4-6-7;1-5(2)7-6(3)4;;/h2-6H,1H3;5-7H,1-4H3;;/q;;+1;-1. The van der Waals surface area contributed by atoms with Gasteiger partial charge in [-0.3, -0.25) is 0 Å². The van der Waals surface area contributed by atoms with E-state index >= 15 is 0 Å². The molecule has 15 heavy (non-hydrogen) atoms. The summed E-state index contributed by atoms with van der Waals surface area (Å²) in [5.74, 6) is 0. The Kier molecular flexibility index (Phi) is 11.8. The fourth-order valence-corrected chi connectivity index (χ4v) is 1.20. The van der Waals surface area contributed by atoms with Gasteiger partial charge in [0.2, 0.25) is 0 Å². The summed E-state index contributed by atoms with van der Waals surface area (Å²) in [4.78, 5) is 0. The minimum absolute atomic E-state index is 0. The second-order valence-corrected chi connectivity index (χ2v) is 4.13. The van der Waals surface area contributed by atoms with Crippen LogP contribution in [0.5, 0.6) is 0 Å². The van der Waals surface area contributed by atoms with Crippen molar-refractivity contribution in [1.82, 2.24) is 5.32 Å². The van der Waals surface area contributed by atoms with Gasteiger partial charge in [-0.05, 0) is 6.92 Å². The molecule has 0 aliphatic heterocycles. The predicted octanol–water partition coefficient (Wildman–Crippen LogP) is 0.504. The summed E-state index contributed by atoms with van der Waals surface area (Å²) in [5.41, 5.74) is 1.32. The van der Waals surface area contributed by atoms with Crippen LogP contribution in [-0.4, -0.2) is 12.1 Å². The predicted molar refractivity (Wildman–Crippen MR) is 65.7 cm³/mol. The average molecular weight is 201 g/mol. The number of nitrogens with one attached hydrogen (secondary N) is 1. The topological polar surface area (TPSA) is 12.0 Å². The largest absolute Gasteiger partial charge is 1.00 e. The van der Waals surface area contributed by atoms with Gasteiger partial charge in [0.1, 0.15) is 0 Å². The van der Waals surface area contributed by atoms with E-state index in [-0.39, 0.29) is 20.3 Å². The number of hydrogen-bond acceptors (Lipinski definition) is 1. The summed E-state index contributed by atoms with van der Waals surface area (Å²) in [6, 6.07) is 11.5. The number of benzene rings is 1. The summed E-state index contributed by atoms with van der Waals surface area (Å²) >= 11 is 0. The van der Waals surface area contributed by atoms with Crippen molar-refractivity contribution < 1.29 is 20.3 Å². The van der Waals surface area contributed by atoms with Crippen LogP contribution < -0.4 is 24.2 Å². The minimum Gasteiger partial charge on any atom is -1.00 e. The third kappa shape index (κ3) is 13.8. The third-order valence-corrected chi connectivity index (χ3v) is 1.61. The Morgan fingerprint density at radius 2 is 1.33 bits per heavy atom. The van der Waals surface area contributed by atoms with Crippen LogP contribution in [0.4, 0.5) is 0 Å². The maximum Gasteiger partial charge on any atom is 1.00 e. The Bertz CT molecular complexity index is 219. The summed E-state index contributed by atoms with van der Waals surface area (Å²) in [5, 5.41) is 3.31. The Hall–Kier alpha value is -0.223. The molecule has 0 radical (unpaired) electrons. The van der Waals surface area contributed by atoms with Gasteiger partial charge in [-0.1, -0.05) is 63.6 Å². The molecule has 0 saturated heterocycles. The molecule has 0 bridgehead atoms. The fourth-order valence-electron chi connectivity index (χ4n) is 1.20. The summed E-state index contributed by atoms with van der Waals surface area (Å²) in [7, 11) is 0. The van der Waals surface area contributed by atoms with Crippen LogP contribution in [0.2, 0.25) is 0 Å². The van der Waals surface area contributed by atoms with Crippen molar-refractivity contribution in [1.29, 1.82) is 0 Å². The van der Waals surface area contributed by atoms with Gasteiger partial charge < -0.3 is 6.74 Å². The molecule has 0 unspecified atom stereocenters. The zero-order valence-electron chi connectivity index (χ0n) is 12.0. The van der Waals surface area contributed by atoms with Crippen molar-refractivity contribution in [2.75, 3.05) is 0 Å². The van der Waals surface area contributed by atoms with Gasteiger partial charge in [0.05, 0.1) is 0 Å². The maximum atomic E-state index is 3.31. The normalized spacial score (nSPS) is 9.27. The molecule has 0 fully saturated rings. The molecule has 0 aliphatic rings. The quantitative estimate of drug-likeness (QED) is 0.687. The van der Waals surface area contributed by atoms with E-state index in [0.29, 0.717) is 12.1 Å². The minimum atomic E-state index is 0. The maximum absolute atomic E-state index is 3.31. The second kappa shape index (κ2) is 10.3. The van der Waals surface area contributed by atoms with Crippen LogP contribution in [0.1, 0.15) is 34.7 Å². The molecule has 1 N–H and O–H groups in total. The number of hydrogen-bond donors (Lipinski definition) is 1. The van der Waals surface area contributed by atoms with E-state index in [1.54, 1.807) is 0 Å². The van der Waals surface area contributed by atoms with E-state index in [4.69, 9.17) is 0 Å². The zero-order chi connectivity index (χ0) is 11.0. The third-order valence-electron chi connectivity index (χ3n) is 1.61. The molecule has 0 atom stereocenters. The van der Waals surface area contributed by atoms with Gasteiger partial charge in [-0.15, -0.1) is 0 Å². The van der Waals surface area contributed by atoms with Crippen LogP contribution >= 0.6 is 0 Å².